The quantitative estimate of drug-likeness (QED) is 0.867. The van der Waals surface area contributed by atoms with Gasteiger partial charge in [-0.05, 0) is 12.1 Å². The Kier molecular flexibility index (Phi) is 5.36. The summed E-state index contributed by atoms with van der Waals surface area (Å²) < 4.78 is 37.1. The van der Waals surface area contributed by atoms with Gasteiger partial charge in [0.05, 0.1) is 12.1 Å². The number of rotatable bonds is 6. The first-order chi connectivity index (χ1) is 9.98. The Morgan fingerprint density at radius 3 is 2.57 bits per heavy atom. The molecular weight excluding hydrogens is 297 g/mol. The molecule has 0 radical (unpaired) electrons. The minimum atomic E-state index is -4.20. The van der Waals surface area contributed by atoms with Gasteiger partial charge in [-0.25, -0.2) is 4.98 Å². The van der Waals surface area contributed by atoms with E-state index >= 15 is 0 Å². The van der Waals surface area contributed by atoms with Gasteiger partial charge in [-0.3, -0.25) is 0 Å². The Bertz CT molecular complexity index is 552. The highest BCUT2D eigenvalue weighted by atomic mass is 32.1. The highest BCUT2D eigenvalue weighted by Gasteiger charge is 2.29. The molecular formula is C15H17F3N2S. The molecule has 2 nitrogen and oxygen atoms in total. The molecule has 1 atom stereocenters. The molecule has 0 aliphatic heterocycles. The number of nitrogens with zero attached hydrogens (tertiary/aromatic N) is 1. The van der Waals surface area contributed by atoms with Crippen LogP contribution in [-0.4, -0.2) is 17.7 Å². The number of alkyl halides is 3. The van der Waals surface area contributed by atoms with E-state index in [9.17, 15) is 13.2 Å². The smallest absolute Gasteiger partial charge is 0.310 e. The van der Waals surface area contributed by atoms with Crippen LogP contribution in [0, 0.1) is 0 Å². The molecule has 6 heteroatoms. The molecule has 2 rings (SSSR count). The largest absolute Gasteiger partial charge is 0.395 e. The molecule has 0 saturated carbocycles. The fraction of sp³-hybridized carbons (Fsp3) is 0.400. The van der Waals surface area contributed by atoms with E-state index in [1.165, 1.54) is 0 Å². The zero-order valence-corrected chi connectivity index (χ0v) is 12.5. The van der Waals surface area contributed by atoms with Gasteiger partial charge in [0.25, 0.3) is 0 Å². The molecule has 0 bridgehead atoms. The van der Waals surface area contributed by atoms with Crippen LogP contribution in [0.4, 0.5) is 13.2 Å². The topological polar surface area (TPSA) is 24.9 Å². The average molecular weight is 314 g/mol. The van der Waals surface area contributed by atoms with Crippen LogP contribution in [0.1, 0.15) is 29.2 Å². The normalized spacial score (nSPS) is 13.3. The number of hydrogen-bond acceptors (Lipinski definition) is 3. The van der Waals surface area contributed by atoms with Crippen LogP contribution in [0.3, 0.4) is 0 Å². The van der Waals surface area contributed by atoms with Crippen molar-refractivity contribution in [3.63, 3.8) is 0 Å². The summed E-state index contributed by atoms with van der Waals surface area (Å²) in [7, 11) is 0. The van der Waals surface area contributed by atoms with Crippen LogP contribution in [0.25, 0.3) is 0 Å². The SMILES string of the molecule is CCNC(Cc1csc(CC(F)(F)F)n1)c1ccccc1. The predicted molar refractivity (Wildman–Crippen MR) is 78.4 cm³/mol. The number of aromatic nitrogens is 1. The van der Waals surface area contributed by atoms with Crippen molar-refractivity contribution in [1.29, 1.82) is 0 Å². The van der Waals surface area contributed by atoms with Gasteiger partial charge in [0, 0.05) is 17.8 Å². The van der Waals surface area contributed by atoms with Crippen molar-refractivity contribution in [2.45, 2.75) is 32.0 Å². The summed E-state index contributed by atoms with van der Waals surface area (Å²) in [5.41, 5.74) is 1.82. The standard InChI is InChI=1S/C15H17F3N2S/c1-2-19-13(11-6-4-3-5-7-11)8-12-10-21-14(20-12)9-15(16,17)18/h3-7,10,13,19H,2,8-9H2,1H3. The summed E-state index contributed by atoms with van der Waals surface area (Å²) in [6.45, 7) is 2.80. The van der Waals surface area contributed by atoms with Crippen LogP contribution in [0.5, 0.6) is 0 Å². The molecule has 0 saturated heterocycles. The molecule has 0 aliphatic rings. The Morgan fingerprint density at radius 2 is 1.95 bits per heavy atom. The maximum atomic E-state index is 12.4. The van der Waals surface area contributed by atoms with E-state index in [0.717, 1.165) is 23.4 Å². The first-order valence-corrected chi connectivity index (χ1v) is 7.64. The highest BCUT2D eigenvalue weighted by molar-refractivity contribution is 7.09. The third-order valence-corrected chi connectivity index (χ3v) is 3.91. The molecule has 1 heterocycles. The van der Waals surface area contributed by atoms with Crippen molar-refractivity contribution >= 4 is 11.3 Å². The lowest BCUT2D eigenvalue weighted by atomic mass is 10.0. The second kappa shape index (κ2) is 7.04. The lowest BCUT2D eigenvalue weighted by Gasteiger charge is -2.17. The Balaban J connectivity index is 2.07. The zero-order chi connectivity index (χ0) is 15.3. The van der Waals surface area contributed by atoms with E-state index in [0.29, 0.717) is 12.1 Å². The minimum absolute atomic E-state index is 0.0667. The van der Waals surface area contributed by atoms with Gasteiger partial charge < -0.3 is 5.32 Å². The molecule has 2 aromatic rings. The number of likely N-dealkylation sites (N-methyl/N-ethyl adjacent to an activating group) is 1. The molecule has 0 aliphatic carbocycles. The zero-order valence-electron chi connectivity index (χ0n) is 11.7. The van der Waals surface area contributed by atoms with Crippen molar-refractivity contribution < 1.29 is 13.2 Å². The number of thiazole rings is 1. The van der Waals surface area contributed by atoms with E-state index in [1.807, 2.05) is 37.3 Å². The number of nitrogens with one attached hydrogen (secondary N) is 1. The summed E-state index contributed by atoms with van der Waals surface area (Å²) in [6, 6.07) is 9.94. The molecule has 1 N–H and O–H groups in total. The average Bonchev–Trinajstić information content (AvgIpc) is 2.84. The molecule has 1 unspecified atom stereocenters. The van der Waals surface area contributed by atoms with Crippen molar-refractivity contribution in [2.75, 3.05) is 6.54 Å². The minimum Gasteiger partial charge on any atom is -0.310 e. The number of halogens is 3. The fourth-order valence-electron chi connectivity index (χ4n) is 2.14. The summed E-state index contributed by atoms with van der Waals surface area (Å²) >= 11 is 1.07. The van der Waals surface area contributed by atoms with Crippen molar-refractivity contribution in [3.05, 3.63) is 52.0 Å². The van der Waals surface area contributed by atoms with Gasteiger partial charge in [-0.15, -0.1) is 11.3 Å². The van der Waals surface area contributed by atoms with E-state index in [1.54, 1.807) is 5.38 Å². The van der Waals surface area contributed by atoms with Gasteiger partial charge in [-0.1, -0.05) is 37.3 Å². The van der Waals surface area contributed by atoms with E-state index in [2.05, 4.69) is 10.3 Å². The molecule has 0 amide bonds. The van der Waals surface area contributed by atoms with Gasteiger partial charge in [0.2, 0.25) is 0 Å². The maximum Gasteiger partial charge on any atom is 0.395 e. The summed E-state index contributed by atoms with van der Waals surface area (Å²) in [5, 5.41) is 5.19. The van der Waals surface area contributed by atoms with Crippen molar-refractivity contribution in [3.8, 4) is 0 Å². The van der Waals surface area contributed by atoms with Crippen LogP contribution in [0.15, 0.2) is 35.7 Å². The second-order valence-corrected chi connectivity index (χ2v) is 5.69. The van der Waals surface area contributed by atoms with Gasteiger partial charge in [-0.2, -0.15) is 13.2 Å². The molecule has 21 heavy (non-hydrogen) atoms. The summed E-state index contributed by atoms with van der Waals surface area (Å²) in [6.07, 6.45) is -4.56. The fourth-order valence-corrected chi connectivity index (χ4v) is 2.98. The van der Waals surface area contributed by atoms with E-state index in [-0.39, 0.29) is 11.0 Å². The monoisotopic (exact) mass is 314 g/mol. The second-order valence-electron chi connectivity index (χ2n) is 4.75. The van der Waals surface area contributed by atoms with Gasteiger partial charge >= 0.3 is 6.18 Å². The molecule has 1 aromatic heterocycles. The van der Waals surface area contributed by atoms with Crippen LogP contribution < -0.4 is 5.32 Å². The van der Waals surface area contributed by atoms with Crippen LogP contribution in [0.2, 0.25) is 0 Å². The molecule has 0 fully saturated rings. The Labute approximate surface area is 126 Å². The lowest BCUT2D eigenvalue weighted by molar-refractivity contribution is -0.127. The Morgan fingerprint density at radius 1 is 1.24 bits per heavy atom. The summed E-state index contributed by atoms with van der Waals surface area (Å²) in [4.78, 5) is 4.10. The third-order valence-electron chi connectivity index (χ3n) is 3.02. The predicted octanol–water partition coefficient (Wildman–Crippen LogP) is 4.14. The van der Waals surface area contributed by atoms with Crippen molar-refractivity contribution in [2.24, 2.45) is 0 Å². The van der Waals surface area contributed by atoms with E-state index in [4.69, 9.17) is 0 Å². The van der Waals surface area contributed by atoms with Crippen molar-refractivity contribution in [1.82, 2.24) is 10.3 Å². The van der Waals surface area contributed by atoms with Crippen LogP contribution >= 0.6 is 11.3 Å². The summed E-state index contributed by atoms with van der Waals surface area (Å²) in [5.74, 6) is 0. The maximum absolute atomic E-state index is 12.4. The molecule has 0 spiro atoms. The molecule has 114 valence electrons. The van der Waals surface area contributed by atoms with E-state index < -0.39 is 12.6 Å². The van der Waals surface area contributed by atoms with Gasteiger partial charge in [0.15, 0.2) is 0 Å². The van der Waals surface area contributed by atoms with Gasteiger partial charge in [0.1, 0.15) is 5.01 Å². The lowest BCUT2D eigenvalue weighted by Crippen LogP contribution is -2.23. The molecule has 1 aromatic carbocycles. The number of hydrogen-bond donors (Lipinski definition) is 1. The Hall–Kier alpha value is -1.40. The highest BCUT2D eigenvalue weighted by Crippen LogP contribution is 2.25. The number of benzene rings is 1. The first kappa shape index (κ1) is 16.0. The van der Waals surface area contributed by atoms with Crippen LogP contribution in [-0.2, 0) is 12.8 Å². The first-order valence-electron chi connectivity index (χ1n) is 6.76. The third kappa shape index (κ3) is 5.13.